The number of anilines is 1. The Hall–Kier alpha value is -2.94. The first kappa shape index (κ1) is 19.0. The molecule has 3 aromatic heterocycles. The van der Waals surface area contributed by atoms with Crippen LogP contribution >= 0.6 is 22.9 Å². The number of H-pyrrole nitrogens is 1. The van der Waals surface area contributed by atoms with Gasteiger partial charge in [0.2, 0.25) is 0 Å². The average Bonchev–Trinajstić information content (AvgIpc) is 3.19. The van der Waals surface area contributed by atoms with E-state index in [1.807, 2.05) is 24.3 Å². The van der Waals surface area contributed by atoms with E-state index >= 15 is 0 Å². The maximum atomic E-state index is 13.4. The molecular formula is C21H17ClN4O3S. The second-order valence-electron chi connectivity index (χ2n) is 6.87. The third-order valence-corrected chi connectivity index (χ3v) is 6.57. The molecule has 4 aromatic rings. The summed E-state index contributed by atoms with van der Waals surface area (Å²) < 4.78 is 7.04. The molecule has 1 aliphatic heterocycles. The number of aromatic amines is 1. The van der Waals surface area contributed by atoms with E-state index in [2.05, 4.69) is 14.9 Å². The number of pyridine rings is 1. The van der Waals surface area contributed by atoms with Crippen LogP contribution in [0, 0.1) is 0 Å². The molecule has 0 saturated carbocycles. The van der Waals surface area contributed by atoms with E-state index in [0.29, 0.717) is 47.2 Å². The number of ether oxygens (including phenoxy) is 1. The van der Waals surface area contributed by atoms with Gasteiger partial charge in [-0.05, 0) is 18.2 Å². The molecule has 1 aliphatic rings. The van der Waals surface area contributed by atoms with E-state index in [9.17, 15) is 9.59 Å². The van der Waals surface area contributed by atoms with E-state index in [1.165, 1.54) is 11.3 Å². The van der Waals surface area contributed by atoms with E-state index in [1.54, 1.807) is 24.5 Å². The molecule has 9 heteroatoms. The van der Waals surface area contributed by atoms with Crippen LogP contribution in [-0.2, 0) is 4.74 Å². The molecule has 0 atom stereocenters. The zero-order valence-corrected chi connectivity index (χ0v) is 17.4. The van der Waals surface area contributed by atoms with Gasteiger partial charge >= 0.3 is 5.69 Å². The first-order valence-electron chi connectivity index (χ1n) is 9.44. The van der Waals surface area contributed by atoms with Crippen molar-refractivity contribution in [2.45, 2.75) is 0 Å². The summed E-state index contributed by atoms with van der Waals surface area (Å²) in [6.45, 7) is 2.56. The van der Waals surface area contributed by atoms with Crippen molar-refractivity contribution in [3.8, 4) is 16.1 Å². The fourth-order valence-electron chi connectivity index (χ4n) is 3.64. The van der Waals surface area contributed by atoms with Gasteiger partial charge in [-0.15, -0.1) is 11.3 Å². The van der Waals surface area contributed by atoms with Crippen molar-refractivity contribution in [1.82, 2.24) is 14.5 Å². The van der Waals surface area contributed by atoms with Crippen molar-refractivity contribution in [2.75, 3.05) is 31.2 Å². The lowest BCUT2D eigenvalue weighted by molar-refractivity contribution is 0.122. The number of rotatable bonds is 3. The number of halogens is 1. The van der Waals surface area contributed by atoms with Crippen LogP contribution in [0.4, 0.5) is 5.69 Å². The van der Waals surface area contributed by atoms with Gasteiger partial charge in [0.15, 0.2) is 0 Å². The van der Waals surface area contributed by atoms with Crippen molar-refractivity contribution >= 4 is 38.8 Å². The van der Waals surface area contributed by atoms with Crippen LogP contribution in [0.2, 0.25) is 5.02 Å². The third kappa shape index (κ3) is 3.23. The van der Waals surface area contributed by atoms with Gasteiger partial charge in [-0.25, -0.2) is 9.36 Å². The van der Waals surface area contributed by atoms with E-state index in [4.69, 9.17) is 16.3 Å². The molecule has 0 amide bonds. The van der Waals surface area contributed by atoms with Gasteiger partial charge in [0.25, 0.3) is 5.56 Å². The maximum Gasteiger partial charge on any atom is 0.333 e. The number of nitrogens with zero attached hydrogens (tertiary/aromatic N) is 3. The molecule has 1 saturated heterocycles. The van der Waals surface area contributed by atoms with Crippen molar-refractivity contribution in [2.24, 2.45) is 0 Å². The summed E-state index contributed by atoms with van der Waals surface area (Å²) in [5, 5.41) is 0.591. The number of aromatic nitrogens is 3. The van der Waals surface area contributed by atoms with Gasteiger partial charge in [0, 0.05) is 34.7 Å². The smallest absolute Gasteiger partial charge is 0.333 e. The van der Waals surface area contributed by atoms with Gasteiger partial charge in [-0.2, -0.15) is 0 Å². The largest absolute Gasteiger partial charge is 0.378 e. The van der Waals surface area contributed by atoms with Gasteiger partial charge in [-0.3, -0.25) is 9.78 Å². The zero-order valence-electron chi connectivity index (χ0n) is 15.8. The lowest BCUT2D eigenvalue weighted by atomic mass is 10.2. The molecule has 0 unspecified atom stereocenters. The van der Waals surface area contributed by atoms with Crippen LogP contribution in [-0.4, -0.2) is 40.8 Å². The number of fused-ring (bicyclic) bond motifs is 1. The lowest BCUT2D eigenvalue weighted by Gasteiger charge is -2.30. The quantitative estimate of drug-likeness (QED) is 0.528. The minimum Gasteiger partial charge on any atom is -0.378 e. The lowest BCUT2D eigenvalue weighted by Crippen LogP contribution is -2.39. The zero-order chi connectivity index (χ0) is 20.7. The summed E-state index contributed by atoms with van der Waals surface area (Å²) in [5.41, 5.74) is 1.68. The highest BCUT2D eigenvalue weighted by Crippen LogP contribution is 2.35. The minimum absolute atomic E-state index is 0.375. The van der Waals surface area contributed by atoms with Gasteiger partial charge in [0.1, 0.15) is 4.70 Å². The molecule has 1 fully saturated rings. The van der Waals surface area contributed by atoms with Crippen molar-refractivity contribution < 1.29 is 4.74 Å². The van der Waals surface area contributed by atoms with Crippen molar-refractivity contribution in [3.05, 3.63) is 74.7 Å². The summed E-state index contributed by atoms with van der Waals surface area (Å²) in [6, 6.07) is 11.0. The Balaban J connectivity index is 1.69. The number of thiophene rings is 1. The Kier molecular flexibility index (Phi) is 4.90. The Bertz CT molecular complexity index is 1350. The highest BCUT2D eigenvalue weighted by molar-refractivity contribution is 7.22. The van der Waals surface area contributed by atoms with E-state index < -0.39 is 5.69 Å². The number of hydrogen-bond donors (Lipinski definition) is 1. The summed E-state index contributed by atoms with van der Waals surface area (Å²) in [4.78, 5) is 36.2. The summed E-state index contributed by atoms with van der Waals surface area (Å²) in [5.74, 6) is 0. The van der Waals surface area contributed by atoms with Crippen LogP contribution in [0.3, 0.4) is 0 Å². The third-order valence-electron chi connectivity index (χ3n) is 5.08. The predicted molar refractivity (Wildman–Crippen MR) is 119 cm³/mol. The number of morpholine rings is 1. The molecule has 4 heterocycles. The molecular weight excluding hydrogens is 424 g/mol. The Labute approximate surface area is 180 Å². The summed E-state index contributed by atoms with van der Waals surface area (Å²) in [7, 11) is 0. The van der Waals surface area contributed by atoms with Crippen LogP contribution in [0.25, 0.3) is 26.3 Å². The monoisotopic (exact) mass is 440 g/mol. The van der Waals surface area contributed by atoms with Crippen LogP contribution in [0.1, 0.15) is 0 Å². The fraction of sp³-hybridized carbons (Fsp3) is 0.190. The second kappa shape index (κ2) is 7.71. The van der Waals surface area contributed by atoms with Gasteiger partial charge in [-0.1, -0.05) is 29.8 Å². The second-order valence-corrected chi connectivity index (χ2v) is 8.33. The Morgan fingerprint density at radius 3 is 2.70 bits per heavy atom. The summed E-state index contributed by atoms with van der Waals surface area (Å²) >= 11 is 7.63. The van der Waals surface area contributed by atoms with E-state index in [-0.39, 0.29) is 5.56 Å². The summed E-state index contributed by atoms with van der Waals surface area (Å²) in [6.07, 6.45) is 3.21. The number of hydrogen-bond acceptors (Lipinski definition) is 6. The normalized spacial score (nSPS) is 14.4. The van der Waals surface area contributed by atoms with E-state index in [0.717, 1.165) is 20.7 Å². The predicted octanol–water partition coefficient (Wildman–Crippen LogP) is 3.29. The molecule has 0 spiro atoms. The van der Waals surface area contributed by atoms with Crippen LogP contribution in [0.15, 0.2) is 58.4 Å². The molecule has 7 nitrogen and oxygen atoms in total. The Morgan fingerprint density at radius 2 is 1.90 bits per heavy atom. The van der Waals surface area contributed by atoms with Gasteiger partial charge in [0.05, 0.1) is 36.3 Å². The standard InChI is InChI=1S/C21H17ClN4O3S/c22-14-4-2-1-3-13(14)18-11-15-19(30-18)20(27)26(21(28)24-15)17-12-23-6-5-16(17)25-7-9-29-10-8-25/h1-6,11-12H,7-10H2,(H,24,28). The van der Waals surface area contributed by atoms with Gasteiger partial charge < -0.3 is 14.6 Å². The molecule has 0 radical (unpaired) electrons. The van der Waals surface area contributed by atoms with Crippen molar-refractivity contribution in [3.63, 3.8) is 0 Å². The SMILES string of the molecule is O=c1[nH]c2cc(-c3ccccc3Cl)sc2c(=O)n1-c1cnccc1N1CCOCC1. The Morgan fingerprint density at radius 1 is 1.10 bits per heavy atom. The fourth-order valence-corrected chi connectivity index (χ4v) is 5.02. The van der Waals surface area contributed by atoms with Crippen LogP contribution < -0.4 is 16.1 Å². The topological polar surface area (TPSA) is 80.2 Å². The number of nitrogens with one attached hydrogen (secondary N) is 1. The molecule has 1 aromatic carbocycles. The first-order valence-corrected chi connectivity index (χ1v) is 10.6. The molecule has 1 N–H and O–H groups in total. The highest BCUT2D eigenvalue weighted by atomic mass is 35.5. The molecule has 5 rings (SSSR count). The van der Waals surface area contributed by atoms with Crippen LogP contribution in [0.5, 0.6) is 0 Å². The number of benzene rings is 1. The highest BCUT2D eigenvalue weighted by Gasteiger charge is 2.20. The average molecular weight is 441 g/mol. The maximum absolute atomic E-state index is 13.4. The molecule has 30 heavy (non-hydrogen) atoms. The molecule has 0 aliphatic carbocycles. The molecule has 152 valence electrons. The molecule has 0 bridgehead atoms. The minimum atomic E-state index is -0.501. The first-order chi connectivity index (χ1) is 14.6. The van der Waals surface area contributed by atoms with Crippen molar-refractivity contribution in [1.29, 1.82) is 0 Å².